The van der Waals surface area contributed by atoms with E-state index in [1.807, 2.05) is 0 Å². The van der Waals surface area contributed by atoms with Crippen LogP contribution >= 0.6 is 34.8 Å². The number of rotatable bonds is 7. The molecule has 0 spiro atoms. The maximum atomic E-state index is 12.5. The van der Waals surface area contributed by atoms with Crippen molar-refractivity contribution in [1.29, 1.82) is 0 Å². The summed E-state index contributed by atoms with van der Waals surface area (Å²) in [5.41, 5.74) is -0.606. The van der Waals surface area contributed by atoms with Gasteiger partial charge in [-0.3, -0.25) is 14.8 Å². The summed E-state index contributed by atoms with van der Waals surface area (Å²) in [5.74, 6) is -0.171. The first-order valence-electron chi connectivity index (χ1n) is 6.85. The fourth-order valence-corrected chi connectivity index (χ4v) is 3.63. The molecular weight excluding hydrogens is 431 g/mol. The molecule has 0 unspecified atom stereocenters. The Morgan fingerprint density at radius 3 is 2.38 bits per heavy atom. The Balaban J connectivity index is 2.41. The second-order valence-electron chi connectivity index (χ2n) is 4.81. The van der Waals surface area contributed by atoms with Crippen molar-refractivity contribution in [3.63, 3.8) is 0 Å². The highest BCUT2D eigenvalue weighted by molar-refractivity contribution is 7.92. The Bertz CT molecular complexity index is 952. The van der Waals surface area contributed by atoms with E-state index in [-0.39, 0.29) is 44.6 Å². The van der Waals surface area contributed by atoms with Gasteiger partial charge in [0.2, 0.25) is 0 Å². The summed E-state index contributed by atoms with van der Waals surface area (Å²) in [4.78, 5) is 9.97. The summed E-state index contributed by atoms with van der Waals surface area (Å²) >= 11 is 17.6. The first-order valence-corrected chi connectivity index (χ1v) is 9.47. The molecule has 12 heteroatoms. The highest BCUT2D eigenvalue weighted by Crippen LogP contribution is 2.35. The summed E-state index contributed by atoms with van der Waals surface area (Å²) in [6.07, 6.45) is 0. The number of halogens is 3. The lowest BCUT2D eigenvalue weighted by atomic mass is 10.3. The Labute approximate surface area is 163 Å². The quantitative estimate of drug-likeness (QED) is 0.384. The summed E-state index contributed by atoms with van der Waals surface area (Å²) in [7, 11) is -4.20. The summed E-state index contributed by atoms with van der Waals surface area (Å²) < 4.78 is 32.2. The number of aliphatic hydroxyl groups excluding tert-OH is 1. The fraction of sp³-hybridized carbons (Fsp3) is 0.143. The fourth-order valence-electron chi connectivity index (χ4n) is 1.89. The van der Waals surface area contributed by atoms with Gasteiger partial charge < -0.3 is 9.84 Å². The topological polar surface area (TPSA) is 119 Å². The molecule has 0 saturated carbocycles. The highest BCUT2D eigenvalue weighted by atomic mass is 35.5. The number of sulfonamides is 1. The van der Waals surface area contributed by atoms with E-state index in [1.165, 1.54) is 12.1 Å². The highest BCUT2D eigenvalue weighted by Gasteiger charge is 2.23. The first-order chi connectivity index (χ1) is 12.2. The third-order valence-electron chi connectivity index (χ3n) is 3.04. The molecule has 140 valence electrons. The number of benzene rings is 2. The van der Waals surface area contributed by atoms with Crippen molar-refractivity contribution in [3.05, 3.63) is 55.5 Å². The molecule has 0 aromatic heterocycles. The lowest BCUT2D eigenvalue weighted by Crippen LogP contribution is -2.14. The molecule has 2 N–H and O–H groups in total. The molecule has 0 aliphatic carbocycles. The third kappa shape index (κ3) is 4.68. The van der Waals surface area contributed by atoms with E-state index >= 15 is 0 Å². The molecule has 2 aromatic rings. The molecular formula is C14H11Cl3N2O6S. The number of nitrogens with one attached hydrogen (secondary N) is 1. The number of nitro benzene ring substituents is 1. The Kier molecular flexibility index (Phi) is 6.53. The van der Waals surface area contributed by atoms with E-state index in [0.717, 1.165) is 18.2 Å². The van der Waals surface area contributed by atoms with Crippen LogP contribution < -0.4 is 9.46 Å². The van der Waals surface area contributed by atoms with Gasteiger partial charge in [0.05, 0.1) is 37.2 Å². The molecule has 0 aliphatic heterocycles. The molecule has 2 rings (SSSR count). The summed E-state index contributed by atoms with van der Waals surface area (Å²) in [5, 5.41) is 20.1. The van der Waals surface area contributed by atoms with Crippen molar-refractivity contribution >= 4 is 56.2 Å². The zero-order valence-electron chi connectivity index (χ0n) is 12.8. The minimum absolute atomic E-state index is 0.000346. The van der Waals surface area contributed by atoms with Gasteiger partial charge in [-0.25, -0.2) is 8.42 Å². The van der Waals surface area contributed by atoms with E-state index < -0.39 is 20.6 Å². The maximum absolute atomic E-state index is 12.5. The van der Waals surface area contributed by atoms with Gasteiger partial charge in [0.25, 0.3) is 10.0 Å². The molecule has 0 heterocycles. The predicted molar refractivity (Wildman–Crippen MR) is 98.0 cm³/mol. The monoisotopic (exact) mass is 440 g/mol. The first kappa shape index (κ1) is 20.5. The van der Waals surface area contributed by atoms with Crippen LogP contribution in [0, 0.1) is 10.1 Å². The summed E-state index contributed by atoms with van der Waals surface area (Å²) in [6, 6.07) is 5.56. The van der Waals surface area contributed by atoms with Gasteiger partial charge in [0.1, 0.15) is 6.61 Å². The minimum Gasteiger partial charge on any atom is -0.484 e. The number of nitrogens with zero attached hydrogens (tertiary/aromatic N) is 1. The van der Waals surface area contributed by atoms with Gasteiger partial charge in [-0.05, 0) is 24.3 Å². The predicted octanol–water partition coefficient (Wildman–Crippen LogP) is 3.73. The van der Waals surface area contributed by atoms with Crippen LogP contribution in [0.3, 0.4) is 0 Å². The molecule has 0 saturated heterocycles. The van der Waals surface area contributed by atoms with E-state index in [4.69, 9.17) is 44.6 Å². The van der Waals surface area contributed by atoms with Crippen molar-refractivity contribution in [2.45, 2.75) is 4.90 Å². The van der Waals surface area contributed by atoms with Gasteiger partial charge >= 0.3 is 5.69 Å². The van der Waals surface area contributed by atoms with Gasteiger partial charge in [-0.15, -0.1) is 0 Å². The zero-order valence-corrected chi connectivity index (χ0v) is 15.9. The Hall–Kier alpha value is -1.78. The largest absolute Gasteiger partial charge is 0.484 e. The second kappa shape index (κ2) is 8.28. The normalized spacial score (nSPS) is 11.2. The van der Waals surface area contributed by atoms with Crippen LogP contribution in [0.4, 0.5) is 11.4 Å². The summed E-state index contributed by atoms with van der Waals surface area (Å²) in [6.45, 7) is -0.529. The Morgan fingerprint density at radius 2 is 1.77 bits per heavy atom. The lowest BCUT2D eigenvalue weighted by Gasteiger charge is -2.12. The van der Waals surface area contributed by atoms with E-state index in [9.17, 15) is 18.5 Å². The number of anilines is 1. The molecule has 0 bridgehead atoms. The third-order valence-corrected chi connectivity index (χ3v) is 5.44. The van der Waals surface area contributed by atoms with Crippen molar-refractivity contribution in [2.24, 2.45) is 0 Å². The molecule has 0 atom stereocenters. The van der Waals surface area contributed by atoms with Gasteiger partial charge in [0, 0.05) is 6.07 Å². The SMILES string of the molecule is O=[N+]([O-])c1cc(S(=O)(=O)Nc2cc(Cl)c(Cl)cc2Cl)ccc1OCCO. The van der Waals surface area contributed by atoms with Gasteiger partial charge in [0.15, 0.2) is 5.75 Å². The smallest absolute Gasteiger partial charge is 0.312 e. The lowest BCUT2D eigenvalue weighted by molar-refractivity contribution is -0.386. The molecule has 0 radical (unpaired) electrons. The van der Waals surface area contributed by atoms with Crippen molar-refractivity contribution in [2.75, 3.05) is 17.9 Å². The molecule has 2 aromatic carbocycles. The van der Waals surface area contributed by atoms with Gasteiger partial charge in [-0.2, -0.15) is 0 Å². The number of hydrogen-bond donors (Lipinski definition) is 2. The number of hydrogen-bond acceptors (Lipinski definition) is 6. The van der Waals surface area contributed by atoms with E-state index in [2.05, 4.69) is 4.72 Å². The van der Waals surface area contributed by atoms with E-state index in [1.54, 1.807) is 0 Å². The standard InChI is InChI=1S/C14H11Cl3N2O6S/c15-9-6-11(17)12(7-10(9)16)18-26(23,24)8-1-2-14(25-4-3-20)13(5-8)19(21)22/h1-2,5-7,18,20H,3-4H2. The molecule has 8 nitrogen and oxygen atoms in total. The van der Waals surface area contributed by atoms with Crippen LogP contribution in [-0.4, -0.2) is 31.7 Å². The van der Waals surface area contributed by atoms with Crippen molar-refractivity contribution in [1.82, 2.24) is 0 Å². The van der Waals surface area contributed by atoms with Gasteiger partial charge in [-0.1, -0.05) is 34.8 Å². The second-order valence-corrected chi connectivity index (χ2v) is 7.71. The Morgan fingerprint density at radius 1 is 1.12 bits per heavy atom. The van der Waals surface area contributed by atoms with Crippen molar-refractivity contribution < 1.29 is 23.2 Å². The van der Waals surface area contributed by atoms with Crippen LogP contribution in [0.2, 0.25) is 15.1 Å². The van der Waals surface area contributed by atoms with Crippen molar-refractivity contribution in [3.8, 4) is 5.75 Å². The number of nitro groups is 1. The number of ether oxygens (including phenoxy) is 1. The van der Waals surface area contributed by atoms with Crippen LogP contribution in [0.1, 0.15) is 0 Å². The van der Waals surface area contributed by atoms with Crippen LogP contribution in [-0.2, 0) is 10.0 Å². The molecule has 0 aliphatic rings. The molecule has 26 heavy (non-hydrogen) atoms. The average molecular weight is 442 g/mol. The average Bonchev–Trinajstić information content (AvgIpc) is 2.57. The van der Waals surface area contributed by atoms with E-state index in [0.29, 0.717) is 0 Å². The van der Waals surface area contributed by atoms with Crippen LogP contribution in [0.25, 0.3) is 0 Å². The van der Waals surface area contributed by atoms with Crippen LogP contribution in [0.5, 0.6) is 5.75 Å². The molecule has 0 fully saturated rings. The number of aliphatic hydroxyl groups is 1. The zero-order chi connectivity index (χ0) is 19.5. The minimum atomic E-state index is -4.20. The maximum Gasteiger partial charge on any atom is 0.312 e. The molecule has 0 amide bonds. The van der Waals surface area contributed by atoms with Crippen LogP contribution in [0.15, 0.2) is 35.2 Å².